The fourth-order valence-electron chi connectivity index (χ4n) is 1.94. The van der Waals surface area contributed by atoms with Gasteiger partial charge in [0.15, 0.2) is 0 Å². The Kier molecular flexibility index (Phi) is 4.14. The molecule has 0 radical (unpaired) electrons. The molecule has 1 aromatic heterocycles. The quantitative estimate of drug-likeness (QED) is 0.831. The minimum atomic E-state index is -0.156. The van der Waals surface area contributed by atoms with E-state index in [1.165, 1.54) is 6.07 Å². The molecular formula is C14H16N4OS. The van der Waals surface area contributed by atoms with Crippen molar-refractivity contribution in [3.63, 3.8) is 0 Å². The molecule has 0 aliphatic heterocycles. The van der Waals surface area contributed by atoms with Crippen LogP contribution in [0.15, 0.2) is 35.1 Å². The highest BCUT2D eigenvalue weighted by Gasteiger charge is 2.06. The largest absolute Gasteiger partial charge is 0.389 e. The van der Waals surface area contributed by atoms with Crippen LogP contribution in [-0.2, 0) is 6.54 Å². The number of anilines is 1. The Labute approximate surface area is 122 Å². The molecule has 20 heavy (non-hydrogen) atoms. The van der Waals surface area contributed by atoms with E-state index in [2.05, 4.69) is 9.97 Å². The summed E-state index contributed by atoms with van der Waals surface area (Å²) in [6, 6.07) is 9.19. The van der Waals surface area contributed by atoms with E-state index in [9.17, 15) is 4.79 Å². The van der Waals surface area contributed by atoms with Gasteiger partial charge in [-0.15, -0.1) is 0 Å². The number of nitrogens with one attached hydrogen (secondary N) is 1. The zero-order chi connectivity index (χ0) is 14.7. The number of aryl methyl sites for hydroxylation is 1. The topological polar surface area (TPSA) is 75.0 Å². The molecule has 0 bridgehead atoms. The number of aromatic amines is 1. The van der Waals surface area contributed by atoms with Crippen molar-refractivity contribution in [2.24, 2.45) is 5.73 Å². The third-order valence-corrected chi connectivity index (χ3v) is 3.10. The molecule has 0 spiro atoms. The van der Waals surface area contributed by atoms with Crippen LogP contribution < -0.4 is 16.2 Å². The van der Waals surface area contributed by atoms with Gasteiger partial charge in [-0.1, -0.05) is 30.4 Å². The molecule has 6 heteroatoms. The number of nitrogens with zero attached hydrogens (tertiary/aromatic N) is 2. The van der Waals surface area contributed by atoms with Crippen LogP contribution in [-0.4, -0.2) is 22.0 Å². The lowest BCUT2D eigenvalue weighted by Gasteiger charge is -2.18. The maximum atomic E-state index is 11.5. The average Bonchev–Trinajstić information content (AvgIpc) is 2.37. The molecule has 1 aromatic carbocycles. The number of hydrogen-bond donors (Lipinski definition) is 2. The maximum absolute atomic E-state index is 11.5. The molecule has 0 aliphatic carbocycles. The first-order valence-electron chi connectivity index (χ1n) is 6.13. The van der Waals surface area contributed by atoms with E-state index in [0.29, 0.717) is 23.2 Å². The molecule has 0 atom stereocenters. The van der Waals surface area contributed by atoms with Crippen molar-refractivity contribution in [3.05, 3.63) is 57.6 Å². The van der Waals surface area contributed by atoms with Crippen LogP contribution >= 0.6 is 12.2 Å². The van der Waals surface area contributed by atoms with Crippen molar-refractivity contribution in [3.8, 4) is 0 Å². The lowest BCUT2D eigenvalue weighted by Crippen LogP contribution is -2.21. The summed E-state index contributed by atoms with van der Waals surface area (Å²) >= 11 is 4.97. The molecule has 5 nitrogen and oxygen atoms in total. The van der Waals surface area contributed by atoms with Crippen LogP contribution in [0.3, 0.4) is 0 Å². The second-order valence-electron chi connectivity index (χ2n) is 4.61. The number of rotatable bonds is 4. The summed E-state index contributed by atoms with van der Waals surface area (Å²) in [5.41, 5.74) is 7.36. The standard InChI is InChI=1S/C14H16N4OS/c1-9-16-12(7-13(19)17-9)18(2)8-10-4-3-5-11(6-10)14(15)20/h3-7H,8H2,1-2H3,(H2,15,20)(H,16,17,19). The zero-order valence-corrected chi connectivity index (χ0v) is 12.2. The second-order valence-corrected chi connectivity index (χ2v) is 5.05. The van der Waals surface area contributed by atoms with Crippen molar-refractivity contribution in [2.75, 3.05) is 11.9 Å². The van der Waals surface area contributed by atoms with E-state index in [1.807, 2.05) is 36.2 Å². The van der Waals surface area contributed by atoms with Crippen LogP contribution in [0.4, 0.5) is 5.82 Å². The van der Waals surface area contributed by atoms with Gasteiger partial charge in [0.1, 0.15) is 16.6 Å². The summed E-state index contributed by atoms with van der Waals surface area (Å²) in [6.07, 6.45) is 0. The Morgan fingerprint density at radius 3 is 2.85 bits per heavy atom. The number of benzene rings is 1. The molecule has 0 amide bonds. The van der Waals surface area contributed by atoms with E-state index in [-0.39, 0.29) is 5.56 Å². The number of nitrogens with two attached hydrogens (primary N) is 1. The Morgan fingerprint density at radius 1 is 1.45 bits per heavy atom. The van der Waals surface area contributed by atoms with Gasteiger partial charge in [-0.3, -0.25) is 4.79 Å². The Balaban J connectivity index is 2.23. The van der Waals surface area contributed by atoms with Gasteiger partial charge >= 0.3 is 0 Å². The molecule has 0 saturated carbocycles. The predicted molar refractivity (Wildman–Crippen MR) is 84.0 cm³/mol. The summed E-state index contributed by atoms with van der Waals surface area (Å²) in [5, 5.41) is 0. The van der Waals surface area contributed by atoms with Crippen LogP contribution in [0.1, 0.15) is 17.0 Å². The van der Waals surface area contributed by atoms with Gasteiger partial charge in [0.2, 0.25) is 0 Å². The molecule has 2 rings (SSSR count). The third-order valence-electron chi connectivity index (χ3n) is 2.87. The Morgan fingerprint density at radius 2 is 2.20 bits per heavy atom. The van der Waals surface area contributed by atoms with Crippen molar-refractivity contribution in [1.82, 2.24) is 9.97 Å². The van der Waals surface area contributed by atoms with Gasteiger partial charge in [-0.25, -0.2) is 4.98 Å². The monoisotopic (exact) mass is 288 g/mol. The molecular weight excluding hydrogens is 272 g/mol. The average molecular weight is 288 g/mol. The third kappa shape index (κ3) is 3.42. The van der Waals surface area contributed by atoms with Crippen molar-refractivity contribution >= 4 is 23.0 Å². The van der Waals surface area contributed by atoms with Gasteiger partial charge in [0, 0.05) is 25.2 Å². The molecule has 3 N–H and O–H groups in total. The highest BCUT2D eigenvalue weighted by atomic mass is 32.1. The van der Waals surface area contributed by atoms with Crippen molar-refractivity contribution in [1.29, 1.82) is 0 Å². The van der Waals surface area contributed by atoms with E-state index in [0.717, 1.165) is 11.1 Å². The summed E-state index contributed by atoms with van der Waals surface area (Å²) in [7, 11) is 1.88. The number of H-pyrrole nitrogens is 1. The molecule has 0 aliphatic rings. The summed E-state index contributed by atoms with van der Waals surface area (Å²) in [4.78, 5) is 20.7. The molecule has 0 fully saturated rings. The first-order chi connectivity index (χ1) is 9.45. The summed E-state index contributed by atoms with van der Waals surface area (Å²) in [5.74, 6) is 1.23. The van der Waals surface area contributed by atoms with Crippen molar-refractivity contribution < 1.29 is 0 Å². The second kappa shape index (κ2) is 5.83. The van der Waals surface area contributed by atoms with Crippen LogP contribution in [0, 0.1) is 6.92 Å². The first kappa shape index (κ1) is 14.2. The van der Waals surface area contributed by atoms with Gasteiger partial charge in [0.05, 0.1) is 0 Å². The lowest BCUT2D eigenvalue weighted by molar-refractivity contribution is 0.873. The van der Waals surface area contributed by atoms with Gasteiger partial charge in [0.25, 0.3) is 5.56 Å². The summed E-state index contributed by atoms with van der Waals surface area (Å²) in [6.45, 7) is 2.37. The SMILES string of the molecule is Cc1nc(N(C)Cc2cccc(C(N)=S)c2)cc(=O)[nH]1. The Hall–Kier alpha value is -2.21. The minimum Gasteiger partial charge on any atom is -0.389 e. The highest BCUT2D eigenvalue weighted by Crippen LogP contribution is 2.12. The molecule has 0 saturated heterocycles. The number of aromatic nitrogens is 2. The number of hydrogen-bond acceptors (Lipinski definition) is 4. The van der Waals surface area contributed by atoms with Crippen LogP contribution in [0.5, 0.6) is 0 Å². The molecule has 104 valence electrons. The molecule has 2 aromatic rings. The van der Waals surface area contributed by atoms with E-state index in [1.54, 1.807) is 6.92 Å². The van der Waals surface area contributed by atoms with Crippen molar-refractivity contribution in [2.45, 2.75) is 13.5 Å². The highest BCUT2D eigenvalue weighted by molar-refractivity contribution is 7.80. The maximum Gasteiger partial charge on any atom is 0.252 e. The summed E-state index contributed by atoms with van der Waals surface area (Å²) < 4.78 is 0. The van der Waals surface area contributed by atoms with E-state index in [4.69, 9.17) is 18.0 Å². The molecule has 0 unspecified atom stereocenters. The van der Waals surface area contributed by atoms with Gasteiger partial charge in [-0.2, -0.15) is 0 Å². The molecule has 1 heterocycles. The van der Waals surface area contributed by atoms with Gasteiger partial charge in [-0.05, 0) is 18.6 Å². The van der Waals surface area contributed by atoms with Crippen LogP contribution in [0.2, 0.25) is 0 Å². The van der Waals surface area contributed by atoms with E-state index >= 15 is 0 Å². The fourth-order valence-corrected chi connectivity index (χ4v) is 2.06. The zero-order valence-electron chi connectivity index (χ0n) is 11.4. The van der Waals surface area contributed by atoms with Gasteiger partial charge < -0.3 is 15.6 Å². The predicted octanol–water partition coefficient (Wildman–Crippen LogP) is 1.35. The lowest BCUT2D eigenvalue weighted by atomic mass is 10.1. The number of thiocarbonyl (C=S) groups is 1. The normalized spacial score (nSPS) is 10.3. The fraction of sp³-hybridized carbons (Fsp3) is 0.214. The Bertz CT molecular complexity index is 696. The minimum absolute atomic E-state index is 0.156. The first-order valence-corrected chi connectivity index (χ1v) is 6.54. The van der Waals surface area contributed by atoms with Crippen LogP contribution in [0.25, 0.3) is 0 Å². The smallest absolute Gasteiger partial charge is 0.252 e. The van der Waals surface area contributed by atoms with E-state index < -0.39 is 0 Å².